The molecule has 8 heteroatoms. The van der Waals surface area contributed by atoms with Crippen LogP contribution in [0.15, 0.2) is 54.6 Å². The number of hydrogen-bond acceptors (Lipinski definition) is 5. The van der Waals surface area contributed by atoms with E-state index in [0.29, 0.717) is 17.2 Å². The van der Waals surface area contributed by atoms with Crippen LogP contribution >= 0.6 is 11.6 Å². The molecule has 166 valence electrons. The quantitative estimate of drug-likeness (QED) is 0.576. The Hall–Kier alpha value is -3.03. The topological polar surface area (TPSA) is 96.3 Å². The second-order valence-electron chi connectivity index (χ2n) is 6.66. The summed E-state index contributed by atoms with van der Waals surface area (Å²) < 4.78 is 12.3. The van der Waals surface area contributed by atoms with Crippen LogP contribution in [-0.2, 0) is 9.59 Å². The minimum atomic E-state index is -1.26. The third-order valence-corrected chi connectivity index (χ3v) is 4.86. The van der Waals surface area contributed by atoms with Gasteiger partial charge in [-0.15, -0.1) is 0 Å². The number of carbonyl (C=O) groups is 2. The Kier molecular flexibility index (Phi) is 9.37. The molecule has 2 N–H and O–H groups in total. The zero-order chi connectivity index (χ0) is 22.8. The molecule has 1 atom stereocenters. The molecule has 31 heavy (non-hydrogen) atoms. The van der Waals surface area contributed by atoms with Crippen LogP contribution in [-0.4, -0.2) is 46.7 Å². The molecule has 0 bridgehead atoms. The highest BCUT2D eigenvalue weighted by molar-refractivity contribution is 6.30. The van der Waals surface area contributed by atoms with Crippen LogP contribution in [0.1, 0.15) is 31.9 Å². The molecule has 7 nitrogen and oxygen atoms in total. The van der Waals surface area contributed by atoms with Gasteiger partial charge in [-0.05, 0) is 43.4 Å². The predicted octanol–water partition coefficient (Wildman–Crippen LogP) is 5.01. The summed E-state index contributed by atoms with van der Waals surface area (Å²) in [5.74, 6) is -0.158. The summed E-state index contributed by atoms with van der Waals surface area (Å²) in [4.78, 5) is 21.5. The highest BCUT2D eigenvalue weighted by Gasteiger charge is 2.25. The van der Waals surface area contributed by atoms with Crippen LogP contribution in [0.3, 0.4) is 0 Å². The number of halogens is 1. The van der Waals surface area contributed by atoms with Gasteiger partial charge in [-0.1, -0.05) is 37.6 Å². The molecule has 2 aromatic carbocycles. The summed E-state index contributed by atoms with van der Waals surface area (Å²) >= 11 is 6.20. The third kappa shape index (κ3) is 7.62. The Labute approximate surface area is 186 Å². The van der Waals surface area contributed by atoms with E-state index in [-0.39, 0.29) is 6.10 Å². The maximum atomic E-state index is 9.55. The Morgan fingerprint density at radius 2 is 1.61 bits per heavy atom. The molecule has 1 aliphatic heterocycles. The van der Waals surface area contributed by atoms with Gasteiger partial charge in [-0.3, -0.25) is 0 Å². The molecule has 0 amide bonds. The van der Waals surface area contributed by atoms with E-state index in [2.05, 4.69) is 18.7 Å². The zero-order valence-electron chi connectivity index (χ0n) is 17.5. The van der Waals surface area contributed by atoms with Gasteiger partial charge in [-0.25, -0.2) is 9.59 Å². The van der Waals surface area contributed by atoms with Crippen LogP contribution in [0.4, 0.5) is 0 Å². The third-order valence-electron chi connectivity index (χ3n) is 4.63. The highest BCUT2D eigenvalue weighted by Crippen LogP contribution is 2.43. The second kappa shape index (κ2) is 12.0. The number of aliphatic carboxylic acids is 2. The van der Waals surface area contributed by atoms with Crippen molar-refractivity contribution < 1.29 is 29.3 Å². The van der Waals surface area contributed by atoms with E-state index in [1.54, 1.807) is 0 Å². The van der Waals surface area contributed by atoms with Crippen molar-refractivity contribution in [3.05, 3.63) is 65.2 Å². The van der Waals surface area contributed by atoms with Crippen molar-refractivity contribution in [2.24, 2.45) is 0 Å². The van der Waals surface area contributed by atoms with Gasteiger partial charge in [0.2, 0.25) is 0 Å². The molecular formula is C23H26ClNO6. The number of nitrogens with zero attached hydrogens (tertiary/aromatic N) is 1. The SMILES string of the molecule is CCN(CC)CCC1Oc2ccccc2Oc2ccc(Cl)cc21.O=C(O)/C=C/C(=O)O. The second-order valence-corrected chi connectivity index (χ2v) is 7.10. The van der Waals surface area contributed by atoms with E-state index in [1.807, 2.05) is 42.5 Å². The van der Waals surface area contributed by atoms with Gasteiger partial charge in [0, 0.05) is 35.7 Å². The highest BCUT2D eigenvalue weighted by atomic mass is 35.5. The average Bonchev–Trinajstić information content (AvgIpc) is 2.90. The molecule has 0 spiro atoms. The first-order valence-electron chi connectivity index (χ1n) is 9.93. The van der Waals surface area contributed by atoms with E-state index in [0.717, 1.165) is 48.9 Å². The van der Waals surface area contributed by atoms with Crippen LogP contribution in [0.25, 0.3) is 0 Å². The van der Waals surface area contributed by atoms with Gasteiger partial charge in [0.05, 0.1) is 0 Å². The first-order chi connectivity index (χ1) is 14.8. The van der Waals surface area contributed by atoms with Gasteiger partial charge in [-0.2, -0.15) is 0 Å². The lowest BCUT2D eigenvalue weighted by Gasteiger charge is -2.23. The van der Waals surface area contributed by atoms with Crippen LogP contribution in [0.5, 0.6) is 17.2 Å². The molecular weight excluding hydrogens is 422 g/mol. The fourth-order valence-corrected chi connectivity index (χ4v) is 3.21. The number of fused-ring (bicyclic) bond motifs is 2. The van der Waals surface area contributed by atoms with Crippen LogP contribution in [0.2, 0.25) is 5.02 Å². The first kappa shape index (κ1) is 24.2. The molecule has 1 aliphatic rings. The first-order valence-corrected chi connectivity index (χ1v) is 10.3. The van der Waals surface area contributed by atoms with Crippen LogP contribution < -0.4 is 9.47 Å². The Bertz CT molecular complexity index is 910. The summed E-state index contributed by atoms with van der Waals surface area (Å²) in [6.07, 6.45) is 1.95. The maximum Gasteiger partial charge on any atom is 0.328 e. The molecule has 0 radical (unpaired) electrons. The smallest absolute Gasteiger partial charge is 0.328 e. The summed E-state index contributed by atoms with van der Waals surface area (Å²) in [5.41, 5.74) is 1.01. The molecule has 2 aromatic rings. The van der Waals surface area contributed by atoms with E-state index >= 15 is 0 Å². The Morgan fingerprint density at radius 1 is 1.00 bits per heavy atom. The predicted molar refractivity (Wildman–Crippen MR) is 118 cm³/mol. The van der Waals surface area contributed by atoms with E-state index in [1.165, 1.54) is 0 Å². The molecule has 0 saturated carbocycles. The van der Waals surface area contributed by atoms with Crippen molar-refractivity contribution in [1.82, 2.24) is 4.90 Å². The normalized spacial score (nSPS) is 14.4. The number of carboxylic acid groups (broad SMARTS) is 2. The minimum Gasteiger partial charge on any atom is -0.482 e. The lowest BCUT2D eigenvalue weighted by Crippen LogP contribution is -2.26. The van der Waals surface area contributed by atoms with Gasteiger partial charge < -0.3 is 24.6 Å². The van der Waals surface area contributed by atoms with Gasteiger partial charge in [0.15, 0.2) is 11.5 Å². The largest absolute Gasteiger partial charge is 0.482 e. The summed E-state index contributed by atoms with van der Waals surface area (Å²) in [6, 6.07) is 13.5. The molecule has 0 fully saturated rings. The van der Waals surface area contributed by atoms with Crippen molar-refractivity contribution in [2.75, 3.05) is 19.6 Å². The lowest BCUT2D eigenvalue weighted by atomic mass is 10.0. The van der Waals surface area contributed by atoms with Crippen molar-refractivity contribution in [3.63, 3.8) is 0 Å². The number of carboxylic acids is 2. The molecule has 1 heterocycles. The number of benzene rings is 2. The number of ether oxygens (including phenoxy) is 2. The average molecular weight is 448 g/mol. The number of rotatable bonds is 7. The Morgan fingerprint density at radius 3 is 2.19 bits per heavy atom. The lowest BCUT2D eigenvalue weighted by molar-refractivity contribution is -0.134. The van der Waals surface area contributed by atoms with E-state index < -0.39 is 11.9 Å². The summed E-state index contributed by atoms with van der Waals surface area (Å²) in [6.45, 7) is 7.42. The van der Waals surface area contributed by atoms with Crippen molar-refractivity contribution in [2.45, 2.75) is 26.4 Å². The minimum absolute atomic E-state index is 0.0621. The Balaban J connectivity index is 0.000000366. The van der Waals surface area contributed by atoms with Gasteiger partial charge in [0.25, 0.3) is 0 Å². The molecule has 0 aromatic heterocycles. The fraction of sp³-hybridized carbons (Fsp3) is 0.304. The fourth-order valence-electron chi connectivity index (χ4n) is 3.03. The summed E-state index contributed by atoms with van der Waals surface area (Å²) in [5, 5.41) is 16.3. The maximum absolute atomic E-state index is 9.55. The number of hydrogen-bond donors (Lipinski definition) is 2. The van der Waals surface area contributed by atoms with Crippen molar-refractivity contribution >= 4 is 23.5 Å². The standard InChI is InChI=1S/C19H22ClNO2.C4H4O4/c1-3-21(4-2)12-11-17-15-13-14(20)9-10-16(15)22-18-7-5-6-8-19(18)23-17;5-3(6)1-2-4(7)8/h5-10,13,17H,3-4,11-12H2,1-2H3;1-2H,(H,5,6)(H,7,8)/b;2-1+. The van der Waals surface area contributed by atoms with Crippen molar-refractivity contribution in [1.29, 1.82) is 0 Å². The zero-order valence-corrected chi connectivity index (χ0v) is 18.2. The number of para-hydroxylation sites is 2. The van der Waals surface area contributed by atoms with E-state index in [4.69, 9.17) is 31.3 Å². The van der Waals surface area contributed by atoms with Gasteiger partial charge >= 0.3 is 11.9 Å². The van der Waals surface area contributed by atoms with E-state index in [9.17, 15) is 9.59 Å². The molecule has 0 aliphatic carbocycles. The molecule has 3 rings (SSSR count). The summed E-state index contributed by atoms with van der Waals surface area (Å²) in [7, 11) is 0. The van der Waals surface area contributed by atoms with Crippen LogP contribution in [0, 0.1) is 0 Å². The van der Waals surface area contributed by atoms with Crippen molar-refractivity contribution in [3.8, 4) is 17.2 Å². The monoisotopic (exact) mass is 447 g/mol. The molecule has 1 unspecified atom stereocenters. The molecule has 0 saturated heterocycles. The van der Waals surface area contributed by atoms with Gasteiger partial charge in [0.1, 0.15) is 11.9 Å².